The Labute approximate surface area is 122 Å². The van der Waals surface area contributed by atoms with Crippen LogP contribution in [-0.4, -0.2) is 19.8 Å². The van der Waals surface area contributed by atoms with Gasteiger partial charge in [-0.3, -0.25) is 0 Å². The summed E-state index contributed by atoms with van der Waals surface area (Å²) in [5.74, 6) is 1.69. The number of hydrogen-bond acceptors (Lipinski definition) is 3. The number of hydrogen-bond donors (Lipinski definition) is 1. The van der Waals surface area contributed by atoms with Gasteiger partial charge in [0.15, 0.2) is 11.5 Å². The van der Waals surface area contributed by atoms with Gasteiger partial charge in [0.25, 0.3) is 0 Å². The highest BCUT2D eigenvalue weighted by Crippen LogP contribution is 2.40. The zero-order valence-electron chi connectivity index (χ0n) is 11.3. The van der Waals surface area contributed by atoms with Gasteiger partial charge in [0, 0.05) is 13.1 Å². The van der Waals surface area contributed by atoms with Crippen LogP contribution in [0.15, 0.2) is 16.6 Å². The van der Waals surface area contributed by atoms with Crippen LogP contribution in [0.2, 0.25) is 0 Å². The molecule has 1 aliphatic heterocycles. The molecule has 1 N–H and O–H groups in total. The van der Waals surface area contributed by atoms with Gasteiger partial charge in [0.2, 0.25) is 0 Å². The van der Waals surface area contributed by atoms with Crippen LogP contribution in [0, 0.1) is 5.41 Å². The molecule has 1 aliphatic carbocycles. The summed E-state index contributed by atoms with van der Waals surface area (Å²) in [4.78, 5) is 0. The first-order chi connectivity index (χ1) is 9.16. The third kappa shape index (κ3) is 2.90. The molecule has 104 valence electrons. The number of benzene rings is 1. The number of ether oxygens (including phenoxy) is 2. The van der Waals surface area contributed by atoms with Crippen LogP contribution < -0.4 is 14.8 Å². The summed E-state index contributed by atoms with van der Waals surface area (Å²) in [5, 5.41) is 3.56. The van der Waals surface area contributed by atoms with Gasteiger partial charge in [0.1, 0.15) is 13.2 Å². The van der Waals surface area contributed by atoms with Crippen LogP contribution >= 0.6 is 15.9 Å². The van der Waals surface area contributed by atoms with Crippen LogP contribution in [0.5, 0.6) is 11.5 Å². The fourth-order valence-electron chi connectivity index (χ4n) is 2.73. The molecule has 2 aliphatic rings. The third-order valence-corrected chi connectivity index (χ3v) is 4.69. The van der Waals surface area contributed by atoms with Gasteiger partial charge in [-0.15, -0.1) is 0 Å². The minimum Gasteiger partial charge on any atom is -0.486 e. The van der Waals surface area contributed by atoms with E-state index >= 15 is 0 Å². The van der Waals surface area contributed by atoms with Crippen LogP contribution in [0.4, 0.5) is 0 Å². The molecule has 3 nitrogen and oxygen atoms in total. The molecule has 0 atom stereocenters. The summed E-state index contributed by atoms with van der Waals surface area (Å²) >= 11 is 3.56. The van der Waals surface area contributed by atoms with Crippen molar-refractivity contribution in [2.24, 2.45) is 5.41 Å². The maximum Gasteiger partial charge on any atom is 0.175 e. The van der Waals surface area contributed by atoms with E-state index in [1.54, 1.807) is 0 Å². The lowest BCUT2D eigenvalue weighted by atomic mass is 9.70. The second-order valence-corrected chi connectivity index (χ2v) is 6.72. The zero-order chi connectivity index (χ0) is 13.3. The first kappa shape index (κ1) is 13.3. The van der Waals surface area contributed by atoms with E-state index in [0.29, 0.717) is 18.6 Å². The van der Waals surface area contributed by atoms with Gasteiger partial charge in [-0.2, -0.15) is 0 Å². The second-order valence-electron chi connectivity index (χ2n) is 5.87. The van der Waals surface area contributed by atoms with Crippen molar-refractivity contribution in [3.05, 3.63) is 22.2 Å². The van der Waals surface area contributed by atoms with Gasteiger partial charge in [0.05, 0.1) is 4.47 Å². The lowest BCUT2D eigenvalue weighted by Crippen LogP contribution is -2.36. The van der Waals surface area contributed by atoms with Crippen molar-refractivity contribution in [2.45, 2.75) is 32.7 Å². The van der Waals surface area contributed by atoms with E-state index in [-0.39, 0.29) is 0 Å². The smallest absolute Gasteiger partial charge is 0.175 e. The Bertz CT molecular complexity index is 471. The van der Waals surface area contributed by atoms with Gasteiger partial charge < -0.3 is 14.8 Å². The molecule has 1 heterocycles. The van der Waals surface area contributed by atoms with Crippen LogP contribution in [0.3, 0.4) is 0 Å². The Morgan fingerprint density at radius 1 is 1.26 bits per heavy atom. The van der Waals surface area contributed by atoms with E-state index in [9.17, 15) is 0 Å². The summed E-state index contributed by atoms with van der Waals surface area (Å²) in [7, 11) is 0. The first-order valence-corrected chi connectivity index (χ1v) is 7.74. The predicted molar refractivity (Wildman–Crippen MR) is 78.8 cm³/mol. The molecule has 4 heteroatoms. The van der Waals surface area contributed by atoms with E-state index < -0.39 is 0 Å². The molecule has 1 aromatic rings. The highest BCUT2D eigenvalue weighted by Gasteiger charge is 2.30. The minimum absolute atomic E-state index is 0.519. The lowest BCUT2D eigenvalue weighted by Gasteiger charge is -2.38. The van der Waals surface area contributed by atoms with E-state index in [1.165, 1.54) is 24.8 Å². The largest absolute Gasteiger partial charge is 0.486 e. The molecule has 1 saturated carbocycles. The maximum absolute atomic E-state index is 5.64. The van der Waals surface area contributed by atoms with E-state index in [1.807, 2.05) is 0 Å². The molecule has 19 heavy (non-hydrogen) atoms. The molecule has 0 amide bonds. The van der Waals surface area contributed by atoms with Crippen LogP contribution in [0.1, 0.15) is 31.7 Å². The second kappa shape index (κ2) is 5.33. The quantitative estimate of drug-likeness (QED) is 0.919. The Morgan fingerprint density at radius 3 is 2.79 bits per heavy atom. The number of rotatable bonds is 4. The van der Waals surface area contributed by atoms with E-state index in [0.717, 1.165) is 29.1 Å². The van der Waals surface area contributed by atoms with Crippen molar-refractivity contribution >= 4 is 15.9 Å². The van der Waals surface area contributed by atoms with Crippen molar-refractivity contribution < 1.29 is 9.47 Å². The van der Waals surface area contributed by atoms with Crippen molar-refractivity contribution in [2.75, 3.05) is 19.8 Å². The molecule has 0 bridgehead atoms. The molecule has 1 fully saturated rings. The van der Waals surface area contributed by atoms with E-state index in [2.05, 4.69) is 40.3 Å². The Hall–Kier alpha value is -0.740. The predicted octanol–water partition coefficient (Wildman–Crippen LogP) is 3.50. The van der Waals surface area contributed by atoms with Crippen molar-refractivity contribution in [1.82, 2.24) is 5.32 Å². The average Bonchev–Trinajstić information content (AvgIpc) is 2.37. The summed E-state index contributed by atoms with van der Waals surface area (Å²) in [6, 6.07) is 4.19. The topological polar surface area (TPSA) is 30.5 Å². The Morgan fingerprint density at radius 2 is 2.05 bits per heavy atom. The number of nitrogens with one attached hydrogen (secondary N) is 1. The lowest BCUT2D eigenvalue weighted by molar-refractivity contribution is 0.156. The Kier molecular flexibility index (Phi) is 3.72. The number of halogens is 1. The van der Waals surface area contributed by atoms with Gasteiger partial charge in [-0.05, 0) is 51.9 Å². The third-order valence-electron chi connectivity index (χ3n) is 4.10. The molecule has 1 aromatic carbocycles. The van der Waals surface area contributed by atoms with Crippen LogP contribution in [0.25, 0.3) is 0 Å². The van der Waals surface area contributed by atoms with E-state index in [4.69, 9.17) is 9.47 Å². The summed E-state index contributed by atoms with van der Waals surface area (Å²) in [5.41, 5.74) is 1.75. The van der Waals surface area contributed by atoms with Gasteiger partial charge in [-0.1, -0.05) is 13.3 Å². The first-order valence-electron chi connectivity index (χ1n) is 6.95. The highest BCUT2D eigenvalue weighted by molar-refractivity contribution is 9.10. The normalized spacial score (nSPS) is 19.9. The molecule has 3 rings (SSSR count). The van der Waals surface area contributed by atoms with Crippen molar-refractivity contribution in [3.8, 4) is 11.5 Å². The standard InChI is InChI=1S/C15H20BrNO2/c1-15(3-2-4-15)10-17-9-11-7-12(16)14-13(8-11)18-5-6-19-14/h7-8,17H,2-6,9-10H2,1H3. The van der Waals surface area contributed by atoms with Crippen molar-refractivity contribution in [1.29, 1.82) is 0 Å². The van der Waals surface area contributed by atoms with Gasteiger partial charge in [-0.25, -0.2) is 0 Å². The van der Waals surface area contributed by atoms with Crippen molar-refractivity contribution in [3.63, 3.8) is 0 Å². The SMILES string of the molecule is CC1(CNCc2cc(Br)c3c(c2)OCCO3)CCC1. The molecule has 0 aromatic heterocycles. The monoisotopic (exact) mass is 325 g/mol. The summed E-state index contributed by atoms with van der Waals surface area (Å²) in [6.07, 6.45) is 4.09. The molecular formula is C15H20BrNO2. The van der Waals surface area contributed by atoms with Crippen LogP contribution in [-0.2, 0) is 6.54 Å². The molecule has 0 unspecified atom stereocenters. The minimum atomic E-state index is 0.519. The summed E-state index contributed by atoms with van der Waals surface area (Å²) < 4.78 is 12.2. The summed E-state index contributed by atoms with van der Waals surface area (Å²) in [6.45, 7) is 5.60. The molecule has 0 saturated heterocycles. The zero-order valence-corrected chi connectivity index (χ0v) is 12.9. The fraction of sp³-hybridized carbons (Fsp3) is 0.600. The highest BCUT2D eigenvalue weighted by atomic mass is 79.9. The molecule has 0 spiro atoms. The number of fused-ring (bicyclic) bond motifs is 1. The fourth-order valence-corrected chi connectivity index (χ4v) is 3.34. The molecule has 0 radical (unpaired) electrons. The Balaban J connectivity index is 1.63. The maximum atomic E-state index is 5.64. The van der Waals surface area contributed by atoms with Gasteiger partial charge >= 0.3 is 0 Å². The molecular weight excluding hydrogens is 306 g/mol. The average molecular weight is 326 g/mol.